The second-order valence-corrected chi connectivity index (χ2v) is 7.56. The lowest BCUT2D eigenvalue weighted by Gasteiger charge is -2.20. The summed E-state index contributed by atoms with van der Waals surface area (Å²) in [5, 5.41) is 20.1. The van der Waals surface area contributed by atoms with E-state index in [1.165, 1.54) is 28.8 Å². The number of carboxylic acids is 1. The van der Waals surface area contributed by atoms with Crippen LogP contribution in [0.25, 0.3) is 10.9 Å². The minimum atomic E-state index is -3.01. The summed E-state index contributed by atoms with van der Waals surface area (Å²) in [5.74, 6) is -4.78. The first-order valence-electron chi connectivity index (χ1n) is 9.92. The van der Waals surface area contributed by atoms with E-state index < -0.39 is 36.0 Å². The fourth-order valence-electron chi connectivity index (χ4n) is 3.90. The number of fused-ring (bicyclic) bond motifs is 1. The van der Waals surface area contributed by atoms with Gasteiger partial charge in [0.1, 0.15) is 5.75 Å². The number of benzene rings is 2. The van der Waals surface area contributed by atoms with Gasteiger partial charge >= 0.3 is 12.6 Å². The van der Waals surface area contributed by atoms with Gasteiger partial charge in [-0.2, -0.15) is 8.78 Å². The average molecular weight is 449 g/mol. The SMILES string of the molecule is CCC(C)[C@H](C(=O)O)c1c(C)n(C(=O)c2ccc(OC(F)F)cc2)c2cc(F)c(O)cc12. The maximum Gasteiger partial charge on any atom is 0.387 e. The van der Waals surface area contributed by atoms with Crippen LogP contribution >= 0.6 is 0 Å². The third-order valence-electron chi connectivity index (χ3n) is 5.64. The van der Waals surface area contributed by atoms with Crippen LogP contribution in [0, 0.1) is 18.7 Å². The van der Waals surface area contributed by atoms with Crippen molar-refractivity contribution in [1.82, 2.24) is 4.57 Å². The zero-order valence-corrected chi connectivity index (χ0v) is 17.6. The fraction of sp³-hybridized carbons (Fsp3) is 0.304. The van der Waals surface area contributed by atoms with Crippen LogP contribution < -0.4 is 4.74 Å². The van der Waals surface area contributed by atoms with Crippen molar-refractivity contribution < 1.29 is 37.7 Å². The predicted molar refractivity (Wildman–Crippen MR) is 111 cm³/mol. The number of ether oxygens (including phenoxy) is 1. The van der Waals surface area contributed by atoms with Crippen LogP contribution in [0.1, 0.15) is 47.8 Å². The molecule has 1 heterocycles. The Bertz CT molecular complexity index is 1170. The molecule has 1 aromatic heterocycles. The maximum atomic E-state index is 14.2. The Morgan fingerprint density at radius 3 is 2.31 bits per heavy atom. The van der Waals surface area contributed by atoms with Crippen molar-refractivity contribution in [3.05, 3.63) is 59.0 Å². The van der Waals surface area contributed by atoms with Crippen LogP contribution in [0.4, 0.5) is 13.2 Å². The van der Waals surface area contributed by atoms with Gasteiger partial charge in [0.2, 0.25) is 0 Å². The lowest BCUT2D eigenvalue weighted by Crippen LogP contribution is -2.21. The minimum Gasteiger partial charge on any atom is -0.505 e. The summed E-state index contributed by atoms with van der Waals surface area (Å²) >= 11 is 0. The highest BCUT2D eigenvalue weighted by Gasteiger charge is 2.33. The average Bonchev–Trinajstić information content (AvgIpc) is 2.99. The Kier molecular flexibility index (Phi) is 6.47. The van der Waals surface area contributed by atoms with E-state index in [9.17, 15) is 33.0 Å². The number of carbonyl (C=O) groups excluding carboxylic acids is 1. The van der Waals surface area contributed by atoms with Gasteiger partial charge in [-0.3, -0.25) is 14.2 Å². The number of hydrogen-bond donors (Lipinski definition) is 2. The van der Waals surface area contributed by atoms with E-state index in [1.54, 1.807) is 13.8 Å². The van der Waals surface area contributed by atoms with Gasteiger partial charge in [0.05, 0.1) is 11.4 Å². The number of alkyl halides is 2. The van der Waals surface area contributed by atoms with E-state index in [2.05, 4.69) is 4.74 Å². The van der Waals surface area contributed by atoms with E-state index in [1.807, 2.05) is 6.92 Å². The Hall–Kier alpha value is -3.49. The van der Waals surface area contributed by atoms with Crippen molar-refractivity contribution in [2.75, 3.05) is 0 Å². The number of phenols is 1. The number of carbonyl (C=O) groups is 2. The van der Waals surface area contributed by atoms with Crippen LogP contribution in [0.2, 0.25) is 0 Å². The molecule has 170 valence electrons. The summed E-state index contributed by atoms with van der Waals surface area (Å²) < 4.78 is 44.4. The van der Waals surface area contributed by atoms with Crippen LogP contribution in [-0.2, 0) is 4.79 Å². The molecule has 32 heavy (non-hydrogen) atoms. The second-order valence-electron chi connectivity index (χ2n) is 7.56. The van der Waals surface area contributed by atoms with Gasteiger partial charge in [-0.1, -0.05) is 20.3 Å². The normalized spacial score (nSPS) is 13.3. The molecule has 0 radical (unpaired) electrons. The Balaban J connectivity index is 2.23. The number of hydrogen-bond acceptors (Lipinski definition) is 4. The molecule has 2 aromatic carbocycles. The zero-order valence-electron chi connectivity index (χ0n) is 17.6. The fourth-order valence-corrected chi connectivity index (χ4v) is 3.90. The number of aliphatic carboxylic acids is 1. The molecular weight excluding hydrogens is 427 g/mol. The molecule has 0 bridgehead atoms. The number of nitrogens with zero attached hydrogens (tertiary/aromatic N) is 1. The smallest absolute Gasteiger partial charge is 0.387 e. The quantitative estimate of drug-likeness (QED) is 0.511. The van der Waals surface area contributed by atoms with E-state index in [4.69, 9.17) is 0 Å². The van der Waals surface area contributed by atoms with Gasteiger partial charge < -0.3 is 14.9 Å². The first-order valence-corrected chi connectivity index (χ1v) is 9.92. The van der Waals surface area contributed by atoms with E-state index in [0.29, 0.717) is 12.0 Å². The molecule has 0 aliphatic carbocycles. The summed E-state index contributed by atoms with van der Waals surface area (Å²) in [6, 6.07) is 7.06. The molecule has 0 amide bonds. The van der Waals surface area contributed by atoms with Crippen molar-refractivity contribution in [1.29, 1.82) is 0 Å². The largest absolute Gasteiger partial charge is 0.505 e. The molecule has 6 nitrogen and oxygen atoms in total. The van der Waals surface area contributed by atoms with Crippen LogP contribution in [0.5, 0.6) is 11.5 Å². The third-order valence-corrected chi connectivity index (χ3v) is 5.64. The molecule has 2 atom stereocenters. The molecule has 3 aromatic rings. The van der Waals surface area contributed by atoms with Crippen molar-refractivity contribution in [2.24, 2.45) is 5.92 Å². The molecule has 3 rings (SSSR count). The zero-order chi connectivity index (χ0) is 23.7. The monoisotopic (exact) mass is 449 g/mol. The number of aromatic nitrogens is 1. The van der Waals surface area contributed by atoms with Gasteiger partial charge in [0, 0.05) is 22.7 Å². The van der Waals surface area contributed by atoms with Crippen molar-refractivity contribution in [3.63, 3.8) is 0 Å². The standard InChI is InChI=1S/C23H22F3NO5/c1-4-11(2)19(22(30)31)20-12(3)27(17-10-16(24)18(28)9-15(17)20)21(29)13-5-7-14(8-6-13)32-23(25)26/h5-11,19,23,28H,4H2,1-3H3,(H,30,31)/t11?,19-/m0/s1. The Morgan fingerprint density at radius 1 is 1.16 bits per heavy atom. The second kappa shape index (κ2) is 8.94. The van der Waals surface area contributed by atoms with Crippen LogP contribution in [0.15, 0.2) is 36.4 Å². The Morgan fingerprint density at radius 2 is 1.78 bits per heavy atom. The van der Waals surface area contributed by atoms with Crippen LogP contribution in [-0.4, -0.2) is 33.3 Å². The van der Waals surface area contributed by atoms with Crippen molar-refractivity contribution in [3.8, 4) is 11.5 Å². The van der Waals surface area contributed by atoms with E-state index >= 15 is 0 Å². The molecule has 0 aliphatic rings. The minimum absolute atomic E-state index is 0.0975. The van der Waals surface area contributed by atoms with Gasteiger partial charge in [0.25, 0.3) is 5.91 Å². The molecule has 9 heteroatoms. The van der Waals surface area contributed by atoms with Gasteiger partial charge in [0.15, 0.2) is 11.6 Å². The summed E-state index contributed by atoms with van der Waals surface area (Å²) in [7, 11) is 0. The third kappa shape index (κ3) is 4.15. The molecular formula is C23H22F3NO5. The lowest BCUT2D eigenvalue weighted by molar-refractivity contribution is -0.140. The number of halogens is 3. The molecule has 2 N–H and O–H groups in total. The van der Waals surface area contributed by atoms with Crippen molar-refractivity contribution >= 4 is 22.8 Å². The lowest BCUT2D eigenvalue weighted by atomic mass is 9.84. The molecule has 0 saturated heterocycles. The highest BCUT2D eigenvalue weighted by Crippen LogP contribution is 2.39. The Labute approximate surface area is 181 Å². The van der Waals surface area contributed by atoms with Gasteiger partial charge in [-0.25, -0.2) is 4.39 Å². The molecule has 0 aliphatic heterocycles. The first kappa shape index (κ1) is 23.2. The highest BCUT2D eigenvalue weighted by atomic mass is 19.3. The highest BCUT2D eigenvalue weighted by molar-refractivity contribution is 6.05. The number of rotatable bonds is 7. The maximum absolute atomic E-state index is 14.2. The summed E-state index contributed by atoms with van der Waals surface area (Å²) in [6.07, 6.45) is 0.538. The number of aromatic hydroxyl groups is 1. The molecule has 0 saturated carbocycles. The summed E-state index contributed by atoms with van der Waals surface area (Å²) in [4.78, 5) is 25.4. The van der Waals surface area contributed by atoms with Crippen molar-refractivity contribution in [2.45, 2.75) is 39.7 Å². The predicted octanol–water partition coefficient (Wildman–Crippen LogP) is 5.30. The van der Waals surface area contributed by atoms with E-state index in [0.717, 1.165) is 12.1 Å². The summed E-state index contributed by atoms with van der Waals surface area (Å²) in [5.41, 5.74) is 0.793. The topological polar surface area (TPSA) is 88.8 Å². The molecule has 0 spiro atoms. The van der Waals surface area contributed by atoms with E-state index in [-0.39, 0.29) is 33.8 Å². The van der Waals surface area contributed by atoms with Gasteiger partial charge in [-0.05, 0) is 48.7 Å². The van der Waals surface area contributed by atoms with Crippen LogP contribution in [0.3, 0.4) is 0 Å². The first-order chi connectivity index (χ1) is 15.1. The number of phenolic OH excluding ortho intramolecular Hbond substituents is 1. The van der Waals surface area contributed by atoms with Gasteiger partial charge in [-0.15, -0.1) is 0 Å². The number of carboxylic acid groups (broad SMARTS) is 1. The molecule has 0 fully saturated rings. The summed E-state index contributed by atoms with van der Waals surface area (Å²) in [6.45, 7) is 2.13. The molecule has 1 unspecified atom stereocenters.